The van der Waals surface area contributed by atoms with Crippen LogP contribution in [0.5, 0.6) is 0 Å². The first-order valence-electron chi connectivity index (χ1n) is 2.21. The van der Waals surface area contributed by atoms with Crippen molar-refractivity contribution in [2.75, 3.05) is 14.1 Å². The average molecular weight is 109 g/mol. The molecule has 0 atom stereocenters. The highest BCUT2D eigenvalue weighted by atomic mass is 16.2. The quantitative estimate of drug-likeness (QED) is 0.336. The fourth-order valence-corrected chi connectivity index (χ4v) is 0.287. The zero-order chi connectivity index (χ0) is 6.73. The van der Waals surface area contributed by atoms with Crippen LogP contribution >= 0.6 is 0 Å². The minimum absolute atomic E-state index is 0.0787. The fraction of sp³-hybridized carbons (Fsp3) is 0.400. The van der Waals surface area contributed by atoms with Crippen molar-refractivity contribution in [2.24, 2.45) is 0 Å². The van der Waals surface area contributed by atoms with Gasteiger partial charge in [0.25, 0.3) is 0 Å². The lowest BCUT2D eigenvalue weighted by atomic mass is 9.97. The van der Waals surface area contributed by atoms with E-state index in [4.69, 9.17) is 7.85 Å². The normalized spacial score (nSPS) is 8.25. The van der Waals surface area contributed by atoms with Gasteiger partial charge in [-0.1, -0.05) is 0 Å². The summed E-state index contributed by atoms with van der Waals surface area (Å²) in [6.45, 7) is 3.26. The van der Waals surface area contributed by atoms with Gasteiger partial charge < -0.3 is 4.90 Å². The van der Waals surface area contributed by atoms with Gasteiger partial charge in [0.15, 0.2) is 0 Å². The molecule has 0 unspecified atom stereocenters. The maximum absolute atomic E-state index is 10.5. The highest BCUT2D eigenvalue weighted by Gasteiger charge is 2.00. The first-order chi connectivity index (χ1) is 3.55. The van der Waals surface area contributed by atoms with Gasteiger partial charge in [-0.3, -0.25) is 4.79 Å². The lowest BCUT2D eigenvalue weighted by Crippen LogP contribution is -2.22. The fourth-order valence-electron chi connectivity index (χ4n) is 0.287. The average Bonchev–Trinajstić information content (AvgIpc) is 1.64. The molecular weight excluding hydrogens is 101 g/mol. The van der Waals surface area contributed by atoms with Crippen LogP contribution in [0.1, 0.15) is 0 Å². The molecule has 2 nitrogen and oxygen atoms in total. The summed E-state index contributed by atoms with van der Waals surface area (Å²) in [5.74, 6) is -0.231. The summed E-state index contributed by atoms with van der Waals surface area (Å²) in [5, 5.41) is 0. The van der Waals surface area contributed by atoms with E-state index in [0.717, 1.165) is 0 Å². The van der Waals surface area contributed by atoms with Crippen LogP contribution in [0.15, 0.2) is 12.1 Å². The first kappa shape index (κ1) is 7.27. The lowest BCUT2D eigenvalue weighted by Gasteiger charge is -2.08. The number of hydrogen-bond acceptors (Lipinski definition) is 1. The van der Waals surface area contributed by atoms with E-state index in [2.05, 4.69) is 6.58 Å². The van der Waals surface area contributed by atoms with Crippen molar-refractivity contribution in [1.82, 2.24) is 4.90 Å². The second-order valence-electron chi connectivity index (χ2n) is 1.72. The van der Waals surface area contributed by atoms with Gasteiger partial charge in [0.05, 0.1) is 0 Å². The summed E-state index contributed by atoms with van der Waals surface area (Å²) < 4.78 is 0. The van der Waals surface area contributed by atoms with Gasteiger partial charge in [0, 0.05) is 14.1 Å². The molecule has 3 heteroatoms. The molecule has 42 valence electrons. The van der Waals surface area contributed by atoms with Crippen LogP contribution in [0.25, 0.3) is 0 Å². The maximum Gasteiger partial charge on any atom is 0.238 e. The van der Waals surface area contributed by atoms with Crippen molar-refractivity contribution in [1.29, 1.82) is 0 Å². The molecule has 0 saturated carbocycles. The molecule has 0 aromatic carbocycles. The molecular formula is C5H8BNO. The van der Waals surface area contributed by atoms with E-state index in [1.807, 2.05) is 0 Å². The third kappa shape index (κ3) is 1.82. The van der Waals surface area contributed by atoms with Crippen LogP contribution in [0.3, 0.4) is 0 Å². The molecule has 0 saturated heterocycles. The number of amides is 1. The van der Waals surface area contributed by atoms with Crippen LogP contribution in [-0.2, 0) is 4.79 Å². The summed E-state index contributed by atoms with van der Waals surface area (Å²) >= 11 is 0. The van der Waals surface area contributed by atoms with Crippen molar-refractivity contribution in [2.45, 2.75) is 0 Å². The smallest absolute Gasteiger partial charge is 0.238 e. The second-order valence-corrected chi connectivity index (χ2v) is 1.72. The van der Waals surface area contributed by atoms with Gasteiger partial charge in [-0.15, -0.1) is 6.58 Å². The molecule has 8 heavy (non-hydrogen) atoms. The van der Waals surface area contributed by atoms with E-state index in [1.54, 1.807) is 14.1 Å². The Kier molecular flexibility index (Phi) is 2.32. The number of likely N-dealkylation sites (N-methyl/N-ethyl adjacent to an activating group) is 1. The Morgan fingerprint density at radius 3 is 2.00 bits per heavy atom. The highest BCUT2D eigenvalue weighted by Crippen LogP contribution is 1.86. The van der Waals surface area contributed by atoms with Crippen LogP contribution in [0.4, 0.5) is 0 Å². The molecule has 0 bridgehead atoms. The summed E-state index contributed by atoms with van der Waals surface area (Å²) in [7, 11) is 8.30. The van der Waals surface area contributed by atoms with Crippen LogP contribution < -0.4 is 0 Å². The summed E-state index contributed by atoms with van der Waals surface area (Å²) in [5.41, 5.74) is 0.0787. The van der Waals surface area contributed by atoms with Gasteiger partial charge in [0.1, 0.15) is 7.85 Å². The van der Waals surface area contributed by atoms with Crippen LogP contribution in [-0.4, -0.2) is 32.7 Å². The Morgan fingerprint density at radius 2 is 2.00 bits per heavy atom. The molecule has 0 aliphatic rings. The largest absolute Gasteiger partial charge is 0.346 e. The van der Waals surface area contributed by atoms with Crippen molar-refractivity contribution < 1.29 is 4.79 Å². The SMILES string of the molecule is [B]C(=C)C(=O)N(C)C. The first-order valence-corrected chi connectivity index (χ1v) is 2.21. The molecule has 0 aromatic heterocycles. The molecule has 0 aliphatic carbocycles. The second kappa shape index (κ2) is 2.55. The Balaban J connectivity index is 3.84. The molecule has 0 aromatic rings. The highest BCUT2D eigenvalue weighted by molar-refractivity contribution is 6.35. The summed E-state index contributed by atoms with van der Waals surface area (Å²) in [4.78, 5) is 11.9. The molecule has 1 amide bonds. The maximum atomic E-state index is 10.5. The van der Waals surface area contributed by atoms with E-state index in [0.29, 0.717) is 0 Å². The summed E-state index contributed by atoms with van der Waals surface area (Å²) in [6, 6.07) is 0. The van der Waals surface area contributed by atoms with Crippen molar-refractivity contribution in [3.8, 4) is 0 Å². The van der Waals surface area contributed by atoms with Gasteiger partial charge >= 0.3 is 0 Å². The topological polar surface area (TPSA) is 20.3 Å². The molecule has 0 fully saturated rings. The third-order valence-corrected chi connectivity index (χ3v) is 0.681. The number of hydrogen-bond donors (Lipinski definition) is 0. The predicted octanol–water partition coefficient (Wildman–Crippen LogP) is -0.243. The van der Waals surface area contributed by atoms with Crippen LogP contribution in [0, 0.1) is 0 Å². The zero-order valence-electron chi connectivity index (χ0n) is 5.14. The van der Waals surface area contributed by atoms with Gasteiger partial charge in [-0.05, 0) is 5.47 Å². The monoisotopic (exact) mass is 109 g/mol. The Morgan fingerprint density at radius 1 is 1.62 bits per heavy atom. The van der Waals surface area contributed by atoms with Gasteiger partial charge in [-0.25, -0.2) is 0 Å². The predicted molar refractivity (Wildman–Crippen MR) is 33.6 cm³/mol. The van der Waals surface area contributed by atoms with Crippen molar-refractivity contribution in [3.05, 3.63) is 12.1 Å². The number of nitrogens with zero attached hydrogens (tertiary/aromatic N) is 1. The van der Waals surface area contributed by atoms with E-state index < -0.39 is 0 Å². The standard InChI is InChI=1S/C5H8BNO/c1-4(6)5(8)7(2)3/h1H2,2-3H3. The number of carbonyl (C=O) groups is 1. The molecule has 0 heterocycles. The summed E-state index contributed by atoms with van der Waals surface area (Å²) in [6.07, 6.45) is 0. The zero-order valence-corrected chi connectivity index (χ0v) is 5.14. The van der Waals surface area contributed by atoms with E-state index in [9.17, 15) is 4.79 Å². The van der Waals surface area contributed by atoms with Gasteiger partial charge in [0.2, 0.25) is 5.91 Å². The van der Waals surface area contributed by atoms with Gasteiger partial charge in [-0.2, -0.15) is 0 Å². The number of carbonyl (C=O) groups excluding carboxylic acids is 1. The minimum Gasteiger partial charge on any atom is -0.346 e. The van der Waals surface area contributed by atoms with Crippen molar-refractivity contribution >= 4 is 13.8 Å². The molecule has 2 radical (unpaired) electrons. The number of rotatable bonds is 1. The van der Waals surface area contributed by atoms with E-state index >= 15 is 0 Å². The molecule has 0 rings (SSSR count). The molecule has 0 N–H and O–H groups in total. The molecule has 0 spiro atoms. The van der Waals surface area contributed by atoms with E-state index in [1.165, 1.54) is 4.90 Å². The van der Waals surface area contributed by atoms with Crippen molar-refractivity contribution in [3.63, 3.8) is 0 Å². The van der Waals surface area contributed by atoms with Crippen LogP contribution in [0.2, 0.25) is 0 Å². The lowest BCUT2D eigenvalue weighted by molar-refractivity contribution is -0.124. The Hall–Kier alpha value is -0.725. The Labute approximate surface area is 50.6 Å². The molecule has 0 aliphatic heterocycles. The Bertz CT molecular complexity index is 120. The third-order valence-electron chi connectivity index (χ3n) is 0.681. The minimum atomic E-state index is -0.231. The van der Waals surface area contributed by atoms with E-state index in [-0.39, 0.29) is 11.4 Å².